The normalized spacial score (nSPS) is 23.2. The molecule has 106 valence electrons. The third-order valence-electron chi connectivity index (χ3n) is 4.41. The summed E-state index contributed by atoms with van der Waals surface area (Å²) in [5.41, 5.74) is 3.06. The lowest BCUT2D eigenvalue weighted by Crippen LogP contribution is -2.27. The third-order valence-corrected chi connectivity index (χ3v) is 4.41. The van der Waals surface area contributed by atoms with Gasteiger partial charge >= 0.3 is 0 Å². The molecule has 1 aliphatic rings. The monoisotopic (exact) mass is 259 g/mol. The first kappa shape index (κ1) is 14.6. The number of aryl methyl sites for hydroxylation is 1. The van der Waals surface area contributed by atoms with E-state index in [9.17, 15) is 0 Å². The van der Waals surface area contributed by atoms with Crippen molar-refractivity contribution in [3.8, 4) is 0 Å². The van der Waals surface area contributed by atoms with Crippen molar-refractivity contribution in [1.29, 1.82) is 0 Å². The zero-order valence-corrected chi connectivity index (χ0v) is 12.8. The van der Waals surface area contributed by atoms with Gasteiger partial charge in [-0.3, -0.25) is 0 Å². The second-order valence-corrected chi connectivity index (χ2v) is 6.45. The van der Waals surface area contributed by atoms with Gasteiger partial charge in [0.25, 0.3) is 0 Å². The molecule has 1 nitrogen and oxygen atoms in total. The molecule has 1 N–H and O–H groups in total. The Morgan fingerprint density at radius 3 is 2.84 bits per heavy atom. The molecule has 0 heterocycles. The van der Waals surface area contributed by atoms with Crippen LogP contribution < -0.4 is 5.32 Å². The maximum atomic E-state index is 3.66. The average molecular weight is 259 g/mol. The minimum Gasteiger partial charge on any atom is -0.316 e. The molecule has 1 fully saturated rings. The van der Waals surface area contributed by atoms with Crippen molar-refractivity contribution in [2.24, 2.45) is 11.8 Å². The van der Waals surface area contributed by atoms with E-state index in [-0.39, 0.29) is 0 Å². The van der Waals surface area contributed by atoms with Crippen LogP contribution in [0.25, 0.3) is 0 Å². The van der Waals surface area contributed by atoms with E-state index in [1.54, 1.807) is 5.56 Å². The molecular weight excluding hydrogens is 230 g/mol. The minimum absolute atomic E-state index is 0.753. The van der Waals surface area contributed by atoms with E-state index in [4.69, 9.17) is 0 Å². The number of hydrogen-bond acceptors (Lipinski definition) is 1. The van der Waals surface area contributed by atoms with Crippen LogP contribution in [0.4, 0.5) is 0 Å². The molecular formula is C18H29N. The third kappa shape index (κ3) is 4.07. The van der Waals surface area contributed by atoms with Crippen molar-refractivity contribution < 1.29 is 0 Å². The molecule has 2 rings (SSSR count). The lowest BCUT2D eigenvalue weighted by molar-refractivity contribution is 0.425. The fraction of sp³-hybridized carbons (Fsp3) is 0.667. The van der Waals surface area contributed by atoms with Crippen molar-refractivity contribution in [1.82, 2.24) is 5.32 Å². The molecule has 2 atom stereocenters. The first-order chi connectivity index (χ1) is 9.20. The Morgan fingerprint density at radius 1 is 1.26 bits per heavy atom. The predicted octanol–water partition coefficient (Wildman–Crippen LogP) is 4.38. The van der Waals surface area contributed by atoms with Crippen LogP contribution in [0.2, 0.25) is 0 Å². The summed E-state index contributed by atoms with van der Waals surface area (Å²) < 4.78 is 0. The van der Waals surface area contributed by atoms with E-state index >= 15 is 0 Å². The fourth-order valence-electron chi connectivity index (χ4n) is 3.32. The van der Waals surface area contributed by atoms with E-state index < -0.39 is 0 Å². The van der Waals surface area contributed by atoms with Gasteiger partial charge in [-0.2, -0.15) is 0 Å². The summed E-state index contributed by atoms with van der Waals surface area (Å²) >= 11 is 0. The van der Waals surface area contributed by atoms with Gasteiger partial charge in [0.05, 0.1) is 0 Å². The highest BCUT2D eigenvalue weighted by Crippen LogP contribution is 2.39. The van der Waals surface area contributed by atoms with Gasteiger partial charge < -0.3 is 5.32 Å². The Kier molecular flexibility index (Phi) is 5.45. The van der Waals surface area contributed by atoms with Gasteiger partial charge in [0, 0.05) is 0 Å². The first-order valence-electron chi connectivity index (χ1n) is 8.00. The fourth-order valence-corrected chi connectivity index (χ4v) is 3.32. The molecule has 0 bridgehead atoms. The number of benzene rings is 1. The summed E-state index contributed by atoms with van der Waals surface area (Å²) in [6.45, 7) is 9.15. The zero-order valence-electron chi connectivity index (χ0n) is 12.8. The van der Waals surface area contributed by atoms with Crippen LogP contribution in [-0.4, -0.2) is 13.1 Å². The summed E-state index contributed by atoms with van der Waals surface area (Å²) in [5, 5.41) is 3.66. The summed E-state index contributed by atoms with van der Waals surface area (Å²) in [4.78, 5) is 0. The van der Waals surface area contributed by atoms with Gasteiger partial charge in [-0.15, -0.1) is 0 Å². The smallest absolute Gasteiger partial charge is 0.00146 e. The molecule has 0 amide bonds. The SMILES string of the molecule is CCc1cccc(C2CCCC2CNCC(C)C)c1. The molecule has 1 aliphatic carbocycles. The number of nitrogens with one attached hydrogen (secondary N) is 1. The van der Waals surface area contributed by atoms with Crippen LogP contribution in [0.1, 0.15) is 57.1 Å². The highest BCUT2D eigenvalue weighted by Gasteiger charge is 2.28. The molecule has 1 aromatic rings. The Labute approximate surface area is 118 Å². The molecule has 19 heavy (non-hydrogen) atoms. The van der Waals surface area contributed by atoms with Gasteiger partial charge in [-0.25, -0.2) is 0 Å². The predicted molar refractivity (Wildman–Crippen MR) is 83.6 cm³/mol. The molecule has 0 aliphatic heterocycles. The van der Waals surface area contributed by atoms with Crippen molar-refractivity contribution in [3.05, 3.63) is 35.4 Å². The Hall–Kier alpha value is -0.820. The van der Waals surface area contributed by atoms with Crippen LogP contribution in [0.15, 0.2) is 24.3 Å². The number of hydrogen-bond donors (Lipinski definition) is 1. The Balaban J connectivity index is 1.97. The lowest BCUT2D eigenvalue weighted by atomic mass is 9.87. The lowest BCUT2D eigenvalue weighted by Gasteiger charge is -2.21. The minimum atomic E-state index is 0.753. The highest BCUT2D eigenvalue weighted by atomic mass is 14.9. The maximum absolute atomic E-state index is 3.66. The Bertz CT molecular complexity index is 383. The largest absolute Gasteiger partial charge is 0.316 e. The van der Waals surface area contributed by atoms with Gasteiger partial charge in [-0.05, 0) is 61.2 Å². The van der Waals surface area contributed by atoms with E-state index in [1.165, 1.54) is 31.4 Å². The highest BCUT2D eigenvalue weighted by molar-refractivity contribution is 5.27. The first-order valence-corrected chi connectivity index (χ1v) is 8.00. The van der Waals surface area contributed by atoms with Crippen LogP contribution in [0, 0.1) is 11.8 Å². The summed E-state index contributed by atoms with van der Waals surface area (Å²) in [6, 6.07) is 9.27. The molecule has 0 spiro atoms. The molecule has 0 aromatic heterocycles. The van der Waals surface area contributed by atoms with Crippen LogP contribution >= 0.6 is 0 Å². The van der Waals surface area contributed by atoms with Crippen LogP contribution in [0.3, 0.4) is 0 Å². The zero-order chi connectivity index (χ0) is 13.7. The molecule has 0 saturated heterocycles. The summed E-state index contributed by atoms with van der Waals surface area (Å²) in [5.74, 6) is 2.38. The quantitative estimate of drug-likeness (QED) is 0.799. The standard InChI is InChI=1S/C18H29N/c1-4-15-7-5-8-16(11-15)18-10-6-9-17(18)13-19-12-14(2)3/h5,7-8,11,14,17-19H,4,6,9-10,12-13H2,1-3H3. The summed E-state index contributed by atoms with van der Waals surface area (Å²) in [7, 11) is 0. The van der Waals surface area contributed by atoms with Crippen LogP contribution in [-0.2, 0) is 6.42 Å². The van der Waals surface area contributed by atoms with Gasteiger partial charge in [0.1, 0.15) is 0 Å². The van der Waals surface area contributed by atoms with Crippen molar-refractivity contribution in [2.75, 3.05) is 13.1 Å². The van der Waals surface area contributed by atoms with E-state index in [0.29, 0.717) is 0 Å². The van der Waals surface area contributed by atoms with Crippen molar-refractivity contribution in [3.63, 3.8) is 0 Å². The van der Waals surface area contributed by atoms with Crippen LogP contribution in [0.5, 0.6) is 0 Å². The maximum Gasteiger partial charge on any atom is -0.00146 e. The van der Waals surface area contributed by atoms with E-state index in [2.05, 4.69) is 50.4 Å². The molecule has 2 unspecified atom stereocenters. The van der Waals surface area contributed by atoms with Gasteiger partial charge in [0.15, 0.2) is 0 Å². The molecule has 0 radical (unpaired) electrons. The topological polar surface area (TPSA) is 12.0 Å². The van der Waals surface area contributed by atoms with Crippen molar-refractivity contribution in [2.45, 2.75) is 52.4 Å². The second kappa shape index (κ2) is 7.09. The summed E-state index contributed by atoms with van der Waals surface area (Å²) in [6.07, 6.45) is 5.32. The molecule has 1 heteroatoms. The number of rotatable bonds is 6. The average Bonchev–Trinajstić information content (AvgIpc) is 2.87. The van der Waals surface area contributed by atoms with Gasteiger partial charge in [-0.1, -0.05) is 51.5 Å². The van der Waals surface area contributed by atoms with Crippen molar-refractivity contribution >= 4 is 0 Å². The van der Waals surface area contributed by atoms with E-state index in [0.717, 1.165) is 30.7 Å². The molecule has 1 saturated carbocycles. The second-order valence-electron chi connectivity index (χ2n) is 6.45. The van der Waals surface area contributed by atoms with E-state index in [1.807, 2.05) is 0 Å². The van der Waals surface area contributed by atoms with Gasteiger partial charge in [0.2, 0.25) is 0 Å². The molecule has 1 aromatic carbocycles. The Morgan fingerprint density at radius 2 is 2.11 bits per heavy atom.